The van der Waals surface area contributed by atoms with Crippen LogP contribution in [0, 0.1) is 5.92 Å². The number of amides is 1. The van der Waals surface area contributed by atoms with Gasteiger partial charge in [0.25, 0.3) is 0 Å². The molecule has 0 spiro atoms. The van der Waals surface area contributed by atoms with Crippen molar-refractivity contribution >= 4 is 15.9 Å². The monoisotopic (exact) mass is 399 g/mol. The highest BCUT2D eigenvalue weighted by Crippen LogP contribution is 2.40. The summed E-state index contributed by atoms with van der Waals surface area (Å²) in [4.78, 5) is 12.6. The second kappa shape index (κ2) is 8.70. The predicted molar refractivity (Wildman–Crippen MR) is 99.5 cm³/mol. The number of nitrogens with one attached hydrogen (secondary N) is 2. The van der Waals surface area contributed by atoms with E-state index in [-0.39, 0.29) is 24.0 Å². The van der Waals surface area contributed by atoms with Crippen molar-refractivity contribution in [2.75, 3.05) is 12.9 Å². The van der Waals surface area contributed by atoms with E-state index < -0.39 is 10.0 Å². The van der Waals surface area contributed by atoms with Gasteiger partial charge in [0.1, 0.15) is 11.5 Å². The second-order valence-corrected chi connectivity index (χ2v) is 9.41. The van der Waals surface area contributed by atoms with Gasteiger partial charge in [-0.15, -0.1) is 0 Å². The average Bonchev–Trinajstić information content (AvgIpc) is 3.36. The summed E-state index contributed by atoms with van der Waals surface area (Å²) in [5.74, 6) is 1.16. The molecule has 27 heavy (non-hydrogen) atoms. The van der Waals surface area contributed by atoms with Gasteiger partial charge in [-0.25, -0.2) is 13.1 Å². The minimum absolute atomic E-state index is 0.0473. The van der Waals surface area contributed by atoms with E-state index in [4.69, 9.17) is 9.26 Å². The fraction of sp³-hybridized carbons (Fsp3) is 0.778. The van der Waals surface area contributed by atoms with Crippen LogP contribution >= 0.6 is 0 Å². The Hall–Kier alpha value is -1.45. The van der Waals surface area contributed by atoms with Crippen LogP contribution in [0.5, 0.6) is 0 Å². The first-order valence-corrected chi connectivity index (χ1v) is 11.6. The van der Waals surface area contributed by atoms with Crippen LogP contribution in [0.15, 0.2) is 10.6 Å². The highest BCUT2D eigenvalue weighted by atomic mass is 32.2. The van der Waals surface area contributed by atoms with Crippen molar-refractivity contribution in [3.8, 4) is 0 Å². The van der Waals surface area contributed by atoms with Gasteiger partial charge in [-0.1, -0.05) is 12.1 Å². The lowest BCUT2D eigenvalue weighted by Crippen LogP contribution is -2.49. The maximum atomic E-state index is 12.6. The molecule has 1 amide bonds. The molecule has 152 valence electrons. The SMILES string of the molecule is CCCO[C@@H]1C[C@@H](C(=O)NCc2cc(C3CC3)on2)CC[C@H]1NS(C)(=O)=O. The number of nitrogens with zero attached hydrogens (tertiary/aromatic N) is 1. The van der Waals surface area contributed by atoms with Gasteiger partial charge in [-0.3, -0.25) is 4.79 Å². The summed E-state index contributed by atoms with van der Waals surface area (Å²) in [7, 11) is -3.31. The zero-order valence-corrected chi connectivity index (χ0v) is 16.8. The molecule has 0 aromatic carbocycles. The summed E-state index contributed by atoms with van der Waals surface area (Å²) in [6, 6.07) is 1.63. The number of sulfonamides is 1. The largest absolute Gasteiger partial charge is 0.377 e. The molecule has 1 aromatic rings. The van der Waals surface area contributed by atoms with E-state index >= 15 is 0 Å². The molecule has 0 saturated heterocycles. The topological polar surface area (TPSA) is 111 Å². The fourth-order valence-corrected chi connectivity index (χ4v) is 4.34. The minimum atomic E-state index is -3.31. The van der Waals surface area contributed by atoms with Crippen LogP contribution in [0.2, 0.25) is 0 Å². The molecule has 0 aliphatic heterocycles. The van der Waals surface area contributed by atoms with E-state index in [1.165, 1.54) is 0 Å². The van der Waals surface area contributed by atoms with Gasteiger partial charge in [-0.05, 0) is 38.5 Å². The third-order valence-electron chi connectivity index (χ3n) is 5.06. The summed E-state index contributed by atoms with van der Waals surface area (Å²) in [5.41, 5.74) is 0.733. The number of ether oxygens (including phenoxy) is 1. The van der Waals surface area contributed by atoms with Gasteiger partial charge in [-0.2, -0.15) is 0 Å². The molecule has 2 N–H and O–H groups in total. The van der Waals surface area contributed by atoms with Crippen LogP contribution in [0.4, 0.5) is 0 Å². The van der Waals surface area contributed by atoms with Crippen molar-refractivity contribution in [1.82, 2.24) is 15.2 Å². The third kappa shape index (κ3) is 6.02. The van der Waals surface area contributed by atoms with Gasteiger partial charge < -0.3 is 14.6 Å². The Balaban J connectivity index is 1.52. The predicted octanol–water partition coefficient (Wildman–Crippen LogP) is 1.68. The molecule has 9 heteroatoms. The van der Waals surface area contributed by atoms with Crippen LogP contribution in [0.3, 0.4) is 0 Å². The summed E-state index contributed by atoms with van der Waals surface area (Å²) in [6.45, 7) is 2.89. The zero-order valence-electron chi connectivity index (χ0n) is 15.9. The molecule has 3 rings (SSSR count). The lowest BCUT2D eigenvalue weighted by molar-refractivity contribution is -0.128. The molecule has 1 heterocycles. The fourth-order valence-electron chi connectivity index (χ4n) is 3.52. The highest BCUT2D eigenvalue weighted by Gasteiger charge is 2.36. The molecule has 0 bridgehead atoms. The molecule has 2 saturated carbocycles. The second-order valence-electron chi connectivity index (χ2n) is 7.63. The number of carbonyl (C=O) groups is 1. The van der Waals surface area contributed by atoms with E-state index in [0.29, 0.717) is 38.3 Å². The lowest BCUT2D eigenvalue weighted by Gasteiger charge is -2.35. The summed E-state index contributed by atoms with van der Waals surface area (Å²) in [5, 5.41) is 6.94. The Kier molecular flexibility index (Phi) is 6.54. The minimum Gasteiger partial charge on any atom is -0.377 e. The Morgan fingerprint density at radius 2 is 2.11 bits per heavy atom. The summed E-state index contributed by atoms with van der Waals surface area (Å²) < 4.78 is 37.0. The number of rotatable bonds is 9. The van der Waals surface area contributed by atoms with Crippen LogP contribution in [-0.2, 0) is 26.1 Å². The maximum absolute atomic E-state index is 12.6. The van der Waals surface area contributed by atoms with Gasteiger partial charge in [0, 0.05) is 30.6 Å². The maximum Gasteiger partial charge on any atom is 0.223 e. The Labute approximate surface area is 160 Å². The van der Waals surface area contributed by atoms with Crippen molar-refractivity contribution in [3.63, 3.8) is 0 Å². The van der Waals surface area contributed by atoms with Gasteiger partial charge in [0.2, 0.25) is 15.9 Å². The van der Waals surface area contributed by atoms with Crippen LogP contribution in [-0.4, -0.2) is 44.5 Å². The van der Waals surface area contributed by atoms with Gasteiger partial charge in [0.05, 0.1) is 18.9 Å². The van der Waals surface area contributed by atoms with Crippen molar-refractivity contribution in [2.45, 2.75) is 70.1 Å². The number of carbonyl (C=O) groups excluding carboxylic acids is 1. The molecule has 2 aliphatic carbocycles. The molecule has 0 unspecified atom stereocenters. The summed E-state index contributed by atoms with van der Waals surface area (Å²) >= 11 is 0. The average molecular weight is 400 g/mol. The smallest absolute Gasteiger partial charge is 0.223 e. The van der Waals surface area contributed by atoms with E-state index in [0.717, 1.165) is 37.0 Å². The van der Waals surface area contributed by atoms with E-state index in [2.05, 4.69) is 15.2 Å². The van der Waals surface area contributed by atoms with Gasteiger partial charge in [0.15, 0.2) is 0 Å². The van der Waals surface area contributed by atoms with E-state index in [1.807, 2.05) is 13.0 Å². The molecular formula is C18H29N3O5S. The van der Waals surface area contributed by atoms with E-state index in [9.17, 15) is 13.2 Å². The van der Waals surface area contributed by atoms with Crippen molar-refractivity contribution < 1.29 is 22.5 Å². The molecule has 3 atom stereocenters. The zero-order chi connectivity index (χ0) is 19.4. The Bertz CT molecular complexity index is 744. The molecule has 2 aliphatic rings. The Morgan fingerprint density at radius 1 is 1.33 bits per heavy atom. The third-order valence-corrected chi connectivity index (χ3v) is 5.80. The molecule has 8 nitrogen and oxygen atoms in total. The molecule has 0 radical (unpaired) electrons. The Morgan fingerprint density at radius 3 is 2.78 bits per heavy atom. The van der Waals surface area contributed by atoms with Crippen LogP contribution in [0.25, 0.3) is 0 Å². The van der Waals surface area contributed by atoms with Crippen molar-refractivity contribution in [2.24, 2.45) is 5.92 Å². The number of hydrogen-bond donors (Lipinski definition) is 2. The van der Waals surface area contributed by atoms with Gasteiger partial charge >= 0.3 is 0 Å². The van der Waals surface area contributed by atoms with Crippen LogP contribution < -0.4 is 10.0 Å². The first-order chi connectivity index (χ1) is 12.9. The highest BCUT2D eigenvalue weighted by molar-refractivity contribution is 7.88. The molecule has 1 aromatic heterocycles. The number of aromatic nitrogens is 1. The quantitative estimate of drug-likeness (QED) is 0.654. The lowest BCUT2D eigenvalue weighted by atomic mass is 9.83. The van der Waals surface area contributed by atoms with Crippen LogP contribution in [0.1, 0.15) is 62.8 Å². The standard InChI is InChI=1S/C18H29N3O5S/c1-3-8-25-17-9-13(6-7-15(17)21-27(2,23)24)18(22)19-11-14-10-16(26-20-14)12-4-5-12/h10,12-13,15,17,21H,3-9,11H2,1-2H3,(H,19,22)/t13-,15+,17+/m0/s1. The molecular weight excluding hydrogens is 370 g/mol. The van der Waals surface area contributed by atoms with Crippen molar-refractivity contribution in [3.05, 3.63) is 17.5 Å². The first-order valence-electron chi connectivity index (χ1n) is 9.67. The normalized spacial score (nSPS) is 26.1. The first kappa shape index (κ1) is 20.3. The number of hydrogen-bond acceptors (Lipinski definition) is 6. The van der Waals surface area contributed by atoms with E-state index in [1.54, 1.807) is 0 Å². The van der Waals surface area contributed by atoms with Crippen molar-refractivity contribution in [1.29, 1.82) is 0 Å². The summed E-state index contributed by atoms with van der Waals surface area (Å²) in [6.07, 6.45) is 5.69. The molecule has 2 fully saturated rings.